The van der Waals surface area contributed by atoms with Crippen molar-refractivity contribution in [2.24, 2.45) is 0 Å². The molecule has 1 aliphatic rings. The SMILES string of the molecule is O=C(C1=C(O)C(=O)N(c2ncccn2)[C@H]1c1ccc(F)cc1)c1ccco1. The van der Waals surface area contributed by atoms with Crippen LogP contribution in [0.4, 0.5) is 10.3 Å². The number of amides is 1. The molecular formula is C19H12FN3O4. The maximum Gasteiger partial charge on any atom is 0.296 e. The third kappa shape index (κ3) is 2.77. The lowest BCUT2D eigenvalue weighted by Crippen LogP contribution is -2.32. The number of hydrogen-bond donors (Lipinski definition) is 1. The van der Waals surface area contributed by atoms with Crippen molar-refractivity contribution < 1.29 is 23.5 Å². The minimum absolute atomic E-state index is 0.00520. The largest absolute Gasteiger partial charge is 0.503 e. The summed E-state index contributed by atoms with van der Waals surface area (Å²) in [6.07, 6.45) is 4.17. The van der Waals surface area contributed by atoms with Crippen LogP contribution in [0.15, 0.2) is 76.9 Å². The molecule has 3 heterocycles. The standard InChI is InChI=1S/C19H12FN3O4/c20-12-6-4-11(5-7-12)15-14(16(24)13-3-1-10-27-13)17(25)18(26)23(15)19-21-8-2-9-22-19/h1-10,15,25H/t15-/m0/s1. The van der Waals surface area contributed by atoms with Crippen molar-refractivity contribution >= 4 is 17.6 Å². The Morgan fingerprint density at radius 2 is 1.81 bits per heavy atom. The predicted molar refractivity (Wildman–Crippen MR) is 91.4 cm³/mol. The van der Waals surface area contributed by atoms with Crippen molar-refractivity contribution in [1.29, 1.82) is 0 Å². The van der Waals surface area contributed by atoms with Crippen molar-refractivity contribution in [3.63, 3.8) is 0 Å². The fourth-order valence-electron chi connectivity index (χ4n) is 2.96. The normalized spacial score (nSPS) is 16.9. The number of anilines is 1. The van der Waals surface area contributed by atoms with Crippen molar-refractivity contribution in [2.75, 3.05) is 4.90 Å². The number of aliphatic hydroxyl groups excluding tert-OH is 1. The number of rotatable bonds is 4. The Morgan fingerprint density at radius 3 is 2.44 bits per heavy atom. The second-order valence-electron chi connectivity index (χ2n) is 5.75. The first-order valence-corrected chi connectivity index (χ1v) is 7.95. The number of carbonyl (C=O) groups is 2. The van der Waals surface area contributed by atoms with Gasteiger partial charge < -0.3 is 9.52 Å². The van der Waals surface area contributed by atoms with E-state index < -0.39 is 29.3 Å². The Kier molecular flexibility index (Phi) is 4.00. The van der Waals surface area contributed by atoms with Crippen molar-refractivity contribution in [3.8, 4) is 0 Å². The average Bonchev–Trinajstić information content (AvgIpc) is 3.31. The van der Waals surface area contributed by atoms with Gasteiger partial charge in [-0.25, -0.2) is 14.4 Å². The van der Waals surface area contributed by atoms with E-state index in [1.165, 1.54) is 55.1 Å². The first kappa shape index (κ1) is 16.6. The molecule has 0 unspecified atom stereocenters. The first-order chi connectivity index (χ1) is 13.1. The number of furan rings is 1. The zero-order valence-electron chi connectivity index (χ0n) is 13.7. The first-order valence-electron chi connectivity index (χ1n) is 7.95. The van der Waals surface area contributed by atoms with E-state index in [-0.39, 0.29) is 17.3 Å². The van der Waals surface area contributed by atoms with Crippen molar-refractivity contribution in [2.45, 2.75) is 6.04 Å². The van der Waals surface area contributed by atoms with E-state index >= 15 is 0 Å². The highest BCUT2D eigenvalue weighted by atomic mass is 19.1. The van der Waals surface area contributed by atoms with E-state index in [0.717, 1.165) is 4.90 Å². The minimum Gasteiger partial charge on any atom is -0.503 e. The quantitative estimate of drug-likeness (QED) is 0.714. The molecule has 0 bridgehead atoms. The number of Topliss-reactive ketones (excluding diaryl/α,β-unsaturated/α-hetero) is 1. The molecule has 1 amide bonds. The Hall–Kier alpha value is -3.81. The van der Waals surface area contributed by atoms with Crippen molar-refractivity contribution in [3.05, 3.63) is 89.6 Å². The van der Waals surface area contributed by atoms with Gasteiger partial charge in [-0.3, -0.25) is 14.5 Å². The van der Waals surface area contributed by atoms with Gasteiger partial charge in [0.1, 0.15) is 5.82 Å². The lowest BCUT2D eigenvalue weighted by Gasteiger charge is -2.24. The number of benzene rings is 1. The lowest BCUT2D eigenvalue weighted by molar-refractivity contribution is -0.117. The third-order valence-electron chi connectivity index (χ3n) is 4.15. The Morgan fingerprint density at radius 1 is 1.11 bits per heavy atom. The molecule has 0 spiro atoms. The second kappa shape index (κ2) is 6.49. The maximum absolute atomic E-state index is 13.4. The molecule has 7 nitrogen and oxygen atoms in total. The predicted octanol–water partition coefficient (Wildman–Crippen LogP) is 2.99. The highest BCUT2D eigenvalue weighted by Crippen LogP contribution is 2.40. The van der Waals surface area contributed by atoms with Gasteiger partial charge >= 0.3 is 0 Å². The van der Waals surface area contributed by atoms with E-state index in [1.807, 2.05) is 0 Å². The van der Waals surface area contributed by atoms with Gasteiger partial charge in [0, 0.05) is 12.4 Å². The molecule has 0 saturated heterocycles. The van der Waals surface area contributed by atoms with Crippen molar-refractivity contribution in [1.82, 2.24) is 9.97 Å². The molecule has 0 radical (unpaired) electrons. The molecule has 4 rings (SSSR count). The third-order valence-corrected chi connectivity index (χ3v) is 4.15. The molecule has 1 aliphatic heterocycles. The minimum atomic E-state index is -1.03. The van der Waals surface area contributed by atoms with Crippen LogP contribution in [0.3, 0.4) is 0 Å². The summed E-state index contributed by atoms with van der Waals surface area (Å²) < 4.78 is 18.5. The highest BCUT2D eigenvalue weighted by Gasteiger charge is 2.46. The molecule has 0 fully saturated rings. The van der Waals surface area contributed by atoms with Crippen LogP contribution in [0.5, 0.6) is 0 Å². The molecule has 1 atom stereocenters. The summed E-state index contributed by atoms with van der Waals surface area (Å²) in [5, 5.41) is 10.4. The molecule has 27 heavy (non-hydrogen) atoms. The summed E-state index contributed by atoms with van der Waals surface area (Å²) in [5.74, 6) is -2.71. The summed E-state index contributed by atoms with van der Waals surface area (Å²) in [5.41, 5.74) is 0.227. The summed E-state index contributed by atoms with van der Waals surface area (Å²) >= 11 is 0. The summed E-state index contributed by atoms with van der Waals surface area (Å²) in [4.78, 5) is 34.8. The van der Waals surface area contributed by atoms with Gasteiger partial charge in [0.15, 0.2) is 11.5 Å². The van der Waals surface area contributed by atoms with Crippen LogP contribution >= 0.6 is 0 Å². The zero-order chi connectivity index (χ0) is 19.0. The van der Waals surface area contributed by atoms with Gasteiger partial charge in [0.25, 0.3) is 5.91 Å². The summed E-state index contributed by atoms with van der Waals surface area (Å²) in [7, 11) is 0. The number of carbonyl (C=O) groups excluding carboxylic acids is 2. The fraction of sp³-hybridized carbons (Fsp3) is 0.0526. The van der Waals surface area contributed by atoms with Crippen LogP contribution in [0.25, 0.3) is 0 Å². The van der Waals surface area contributed by atoms with E-state index in [0.29, 0.717) is 5.56 Å². The van der Waals surface area contributed by atoms with E-state index in [1.54, 1.807) is 6.07 Å². The number of aromatic nitrogens is 2. The zero-order valence-corrected chi connectivity index (χ0v) is 13.7. The lowest BCUT2D eigenvalue weighted by atomic mass is 9.95. The van der Waals surface area contributed by atoms with Crippen LogP contribution in [0, 0.1) is 5.82 Å². The molecule has 3 aromatic rings. The van der Waals surface area contributed by atoms with Crippen LogP contribution in [-0.4, -0.2) is 26.8 Å². The van der Waals surface area contributed by atoms with Crippen LogP contribution < -0.4 is 4.90 Å². The van der Waals surface area contributed by atoms with E-state index in [2.05, 4.69) is 9.97 Å². The van der Waals surface area contributed by atoms with Gasteiger partial charge in [-0.1, -0.05) is 12.1 Å². The number of aliphatic hydroxyl groups is 1. The monoisotopic (exact) mass is 365 g/mol. The summed E-state index contributed by atoms with van der Waals surface area (Å²) in [6, 6.07) is 8.75. The number of halogens is 1. The highest BCUT2D eigenvalue weighted by molar-refractivity contribution is 6.19. The molecule has 0 saturated carbocycles. The molecule has 0 aliphatic carbocycles. The molecule has 8 heteroatoms. The Labute approximate surface area is 152 Å². The van der Waals surface area contributed by atoms with Gasteiger partial charge in [0.05, 0.1) is 17.9 Å². The van der Waals surface area contributed by atoms with Crippen LogP contribution in [-0.2, 0) is 4.79 Å². The van der Waals surface area contributed by atoms with E-state index in [4.69, 9.17) is 4.42 Å². The molecule has 1 N–H and O–H groups in total. The smallest absolute Gasteiger partial charge is 0.296 e. The molecule has 1 aromatic carbocycles. The van der Waals surface area contributed by atoms with Gasteiger partial charge in [-0.05, 0) is 35.9 Å². The fourth-order valence-corrected chi connectivity index (χ4v) is 2.96. The number of ketones is 1. The van der Waals surface area contributed by atoms with Gasteiger partial charge in [-0.15, -0.1) is 0 Å². The molecule has 134 valence electrons. The average molecular weight is 365 g/mol. The summed E-state index contributed by atoms with van der Waals surface area (Å²) in [6.45, 7) is 0. The number of hydrogen-bond acceptors (Lipinski definition) is 6. The van der Waals surface area contributed by atoms with Crippen LogP contribution in [0.2, 0.25) is 0 Å². The molecule has 2 aromatic heterocycles. The van der Waals surface area contributed by atoms with E-state index in [9.17, 15) is 19.1 Å². The molecular weight excluding hydrogens is 353 g/mol. The van der Waals surface area contributed by atoms with Gasteiger partial charge in [0.2, 0.25) is 11.7 Å². The number of nitrogens with zero attached hydrogens (tertiary/aromatic N) is 3. The topological polar surface area (TPSA) is 96.5 Å². The second-order valence-corrected chi connectivity index (χ2v) is 5.75. The van der Waals surface area contributed by atoms with Crippen LogP contribution in [0.1, 0.15) is 22.2 Å². The Bertz CT molecular complexity index is 1030. The van der Waals surface area contributed by atoms with Gasteiger partial charge in [-0.2, -0.15) is 0 Å². The maximum atomic E-state index is 13.4. The Balaban J connectivity index is 1.88.